The van der Waals surface area contributed by atoms with Gasteiger partial charge >= 0.3 is 5.69 Å². The van der Waals surface area contributed by atoms with E-state index < -0.39 is 4.92 Å². The molecule has 21 heavy (non-hydrogen) atoms. The zero-order valence-corrected chi connectivity index (χ0v) is 12.1. The Morgan fingerprint density at radius 2 is 2.05 bits per heavy atom. The largest absolute Gasteiger partial charge is 0.450 e. The molecule has 0 unspecified atom stereocenters. The summed E-state index contributed by atoms with van der Waals surface area (Å²) in [5.41, 5.74) is 1.18. The van der Waals surface area contributed by atoms with Crippen molar-refractivity contribution in [2.24, 2.45) is 0 Å². The summed E-state index contributed by atoms with van der Waals surface area (Å²) >= 11 is 6.03. The molecule has 0 fully saturated rings. The maximum Gasteiger partial charge on any atom is 0.311 e. The number of benzene rings is 2. The Labute approximate surface area is 126 Å². The summed E-state index contributed by atoms with van der Waals surface area (Å²) in [5.74, 6) is 0.609. The van der Waals surface area contributed by atoms with Crippen molar-refractivity contribution in [2.75, 3.05) is 0 Å². The first kappa shape index (κ1) is 15.3. The Bertz CT molecular complexity index is 673. The Balaban J connectivity index is 2.37. The summed E-state index contributed by atoms with van der Waals surface area (Å²) in [6, 6.07) is 9.47. The second-order valence-electron chi connectivity index (χ2n) is 4.43. The second kappa shape index (κ2) is 6.56. The summed E-state index contributed by atoms with van der Waals surface area (Å²) in [7, 11) is 0. The molecule has 0 radical (unpaired) electrons. The van der Waals surface area contributed by atoms with Gasteiger partial charge in [-0.1, -0.05) is 24.6 Å². The predicted molar refractivity (Wildman–Crippen MR) is 79.9 cm³/mol. The first-order valence-electron chi connectivity index (χ1n) is 6.39. The van der Waals surface area contributed by atoms with Crippen LogP contribution in [0, 0.1) is 10.1 Å². The molecule has 0 aliphatic heterocycles. The molecule has 2 rings (SSSR count). The fourth-order valence-electron chi connectivity index (χ4n) is 1.90. The third-order valence-corrected chi connectivity index (χ3v) is 3.40. The van der Waals surface area contributed by atoms with Gasteiger partial charge in [-0.3, -0.25) is 10.1 Å². The normalized spacial score (nSPS) is 10.4. The van der Waals surface area contributed by atoms with Crippen LogP contribution >= 0.6 is 11.6 Å². The number of hydrogen-bond acceptors (Lipinski definition) is 4. The van der Waals surface area contributed by atoms with Crippen molar-refractivity contribution in [2.45, 2.75) is 20.0 Å². The van der Waals surface area contributed by atoms with Gasteiger partial charge in [0.05, 0.1) is 11.5 Å². The first-order chi connectivity index (χ1) is 10.0. The molecule has 0 saturated heterocycles. The summed E-state index contributed by atoms with van der Waals surface area (Å²) in [4.78, 5) is 10.5. The van der Waals surface area contributed by atoms with E-state index in [9.17, 15) is 10.1 Å². The smallest absolute Gasteiger partial charge is 0.311 e. The van der Waals surface area contributed by atoms with E-state index in [1.54, 1.807) is 24.3 Å². The fraction of sp³-hybridized carbons (Fsp3) is 0.200. The third kappa shape index (κ3) is 3.51. The van der Waals surface area contributed by atoms with Crippen LogP contribution < -0.4 is 4.74 Å². The maximum atomic E-state index is 11.1. The van der Waals surface area contributed by atoms with E-state index in [0.29, 0.717) is 16.3 Å². The van der Waals surface area contributed by atoms with Crippen molar-refractivity contribution in [1.29, 1.82) is 0 Å². The van der Waals surface area contributed by atoms with Crippen molar-refractivity contribution in [1.82, 2.24) is 0 Å². The number of aliphatic hydroxyl groups is 1. The zero-order valence-electron chi connectivity index (χ0n) is 11.4. The lowest BCUT2D eigenvalue weighted by Crippen LogP contribution is -1.96. The van der Waals surface area contributed by atoms with Crippen LogP contribution in [-0.4, -0.2) is 10.0 Å². The van der Waals surface area contributed by atoms with E-state index >= 15 is 0 Å². The summed E-state index contributed by atoms with van der Waals surface area (Å²) in [5, 5.41) is 20.8. The number of rotatable bonds is 5. The monoisotopic (exact) mass is 307 g/mol. The number of aryl methyl sites for hydroxylation is 1. The van der Waals surface area contributed by atoms with Gasteiger partial charge < -0.3 is 9.84 Å². The van der Waals surface area contributed by atoms with Crippen LogP contribution in [0.3, 0.4) is 0 Å². The van der Waals surface area contributed by atoms with E-state index in [0.717, 1.165) is 12.0 Å². The molecular formula is C15H14ClNO4. The number of nitrogens with zero attached hydrogens (tertiary/aromatic N) is 1. The molecule has 5 nitrogen and oxygen atoms in total. The molecule has 6 heteroatoms. The molecular weight excluding hydrogens is 294 g/mol. The van der Waals surface area contributed by atoms with Crippen LogP contribution in [0.5, 0.6) is 11.5 Å². The molecule has 110 valence electrons. The molecule has 0 atom stereocenters. The summed E-state index contributed by atoms with van der Waals surface area (Å²) < 4.78 is 5.59. The van der Waals surface area contributed by atoms with Crippen molar-refractivity contribution in [3.05, 3.63) is 62.7 Å². The average Bonchev–Trinajstić information content (AvgIpc) is 2.49. The lowest BCUT2D eigenvalue weighted by Gasteiger charge is -2.09. The molecule has 0 saturated carbocycles. The first-order valence-corrected chi connectivity index (χ1v) is 6.77. The van der Waals surface area contributed by atoms with Crippen molar-refractivity contribution >= 4 is 17.3 Å². The maximum absolute atomic E-state index is 11.1. The van der Waals surface area contributed by atoms with Crippen LogP contribution in [0.4, 0.5) is 5.69 Å². The Hall–Kier alpha value is -2.11. The van der Waals surface area contributed by atoms with E-state index in [-0.39, 0.29) is 18.0 Å². The van der Waals surface area contributed by atoms with Gasteiger partial charge in [0.15, 0.2) is 0 Å². The van der Waals surface area contributed by atoms with Gasteiger partial charge in [0.25, 0.3) is 0 Å². The Kier molecular flexibility index (Phi) is 4.77. The second-order valence-corrected chi connectivity index (χ2v) is 4.83. The highest BCUT2D eigenvalue weighted by Gasteiger charge is 2.17. The fourth-order valence-corrected chi connectivity index (χ4v) is 2.15. The molecule has 0 amide bonds. The molecule has 0 spiro atoms. The van der Waals surface area contributed by atoms with Crippen LogP contribution in [-0.2, 0) is 13.0 Å². The molecule has 2 aromatic carbocycles. The zero-order chi connectivity index (χ0) is 15.4. The molecule has 0 aliphatic rings. The van der Waals surface area contributed by atoms with Gasteiger partial charge in [-0.25, -0.2) is 0 Å². The minimum Gasteiger partial charge on any atom is -0.450 e. The van der Waals surface area contributed by atoms with E-state index in [2.05, 4.69) is 0 Å². The highest BCUT2D eigenvalue weighted by molar-refractivity contribution is 6.31. The van der Waals surface area contributed by atoms with Crippen molar-refractivity contribution in [3.63, 3.8) is 0 Å². The molecule has 1 N–H and O–H groups in total. The van der Waals surface area contributed by atoms with Crippen LogP contribution in [0.2, 0.25) is 5.02 Å². The molecule has 0 aromatic heterocycles. The molecule has 2 aromatic rings. The van der Waals surface area contributed by atoms with Gasteiger partial charge in [-0.2, -0.15) is 0 Å². The van der Waals surface area contributed by atoms with Gasteiger partial charge in [-0.05, 0) is 41.8 Å². The van der Waals surface area contributed by atoms with Gasteiger partial charge in [0, 0.05) is 11.1 Å². The molecule has 0 bridgehead atoms. The number of ether oxygens (including phenoxy) is 1. The van der Waals surface area contributed by atoms with Crippen molar-refractivity contribution in [3.8, 4) is 11.5 Å². The number of aliphatic hydroxyl groups excluding tert-OH is 1. The number of hydrogen-bond donors (Lipinski definition) is 1. The number of nitro groups is 1. The highest BCUT2D eigenvalue weighted by atomic mass is 35.5. The SMILES string of the molecule is CCc1cc(Oc2ccc(CO)cc2[N+](=O)[O-])ccc1Cl. The van der Waals surface area contributed by atoms with Gasteiger partial charge in [0.2, 0.25) is 5.75 Å². The van der Waals surface area contributed by atoms with Crippen LogP contribution in [0.25, 0.3) is 0 Å². The van der Waals surface area contributed by atoms with E-state index in [1.165, 1.54) is 12.1 Å². The third-order valence-electron chi connectivity index (χ3n) is 3.03. The summed E-state index contributed by atoms with van der Waals surface area (Å²) in [6.45, 7) is 1.70. The minimum atomic E-state index is -0.537. The molecule has 0 heterocycles. The number of halogens is 1. The van der Waals surface area contributed by atoms with Gasteiger partial charge in [-0.15, -0.1) is 0 Å². The lowest BCUT2D eigenvalue weighted by atomic mass is 10.1. The topological polar surface area (TPSA) is 72.6 Å². The summed E-state index contributed by atoms with van der Waals surface area (Å²) in [6.07, 6.45) is 0.738. The standard InChI is InChI=1S/C15H14ClNO4/c1-2-11-8-12(4-5-13(11)16)21-15-6-3-10(9-18)7-14(15)17(19)20/h3-8,18H,2,9H2,1H3. The van der Waals surface area contributed by atoms with Crippen molar-refractivity contribution < 1.29 is 14.8 Å². The minimum absolute atomic E-state index is 0.126. The predicted octanol–water partition coefficient (Wildman–Crippen LogP) is 4.10. The Morgan fingerprint density at radius 3 is 2.67 bits per heavy atom. The average molecular weight is 308 g/mol. The van der Waals surface area contributed by atoms with E-state index in [4.69, 9.17) is 21.4 Å². The lowest BCUT2D eigenvalue weighted by molar-refractivity contribution is -0.385. The van der Waals surface area contributed by atoms with Crippen LogP contribution in [0.15, 0.2) is 36.4 Å². The quantitative estimate of drug-likeness (QED) is 0.667. The van der Waals surface area contributed by atoms with Gasteiger partial charge in [0.1, 0.15) is 5.75 Å². The number of nitro benzene ring substituents is 1. The van der Waals surface area contributed by atoms with Crippen LogP contribution in [0.1, 0.15) is 18.1 Å². The highest BCUT2D eigenvalue weighted by Crippen LogP contribution is 2.33. The van der Waals surface area contributed by atoms with E-state index in [1.807, 2.05) is 6.92 Å². The molecule has 0 aliphatic carbocycles. The Morgan fingerprint density at radius 1 is 1.29 bits per heavy atom.